The highest BCUT2D eigenvalue weighted by molar-refractivity contribution is 5.94. The molecule has 1 saturated heterocycles. The summed E-state index contributed by atoms with van der Waals surface area (Å²) in [5.74, 6) is -0.191. The average molecular weight is 271 g/mol. The third kappa shape index (κ3) is 2.15. The number of amides is 1. The zero-order valence-electron chi connectivity index (χ0n) is 11.3. The lowest BCUT2D eigenvalue weighted by molar-refractivity contribution is 0.0731. The summed E-state index contributed by atoms with van der Waals surface area (Å²) in [7, 11) is 0. The Morgan fingerprint density at radius 3 is 2.90 bits per heavy atom. The van der Waals surface area contributed by atoms with Crippen LogP contribution < -0.4 is 5.56 Å². The standard InChI is InChI=1S/C15H17N3O2/c1-10-6-7-11(14(19)17-10)15(20)18-9-3-5-13(18)12-4-2-8-16-12/h2,4,6-8,13,16H,3,5,9H2,1H3,(H,17,19). The van der Waals surface area contributed by atoms with Gasteiger partial charge in [-0.25, -0.2) is 0 Å². The van der Waals surface area contributed by atoms with Crippen molar-refractivity contribution in [1.29, 1.82) is 0 Å². The maximum atomic E-state index is 12.6. The first-order valence-corrected chi connectivity index (χ1v) is 6.81. The van der Waals surface area contributed by atoms with E-state index >= 15 is 0 Å². The van der Waals surface area contributed by atoms with Crippen LogP contribution in [0.25, 0.3) is 0 Å². The summed E-state index contributed by atoms with van der Waals surface area (Å²) in [5.41, 5.74) is 1.69. The molecule has 1 amide bonds. The quantitative estimate of drug-likeness (QED) is 0.877. The SMILES string of the molecule is Cc1ccc(C(=O)N2CCCC2c2ccc[nH]2)c(=O)[nH]1. The summed E-state index contributed by atoms with van der Waals surface area (Å²) in [4.78, 5) is 32.1. The molecule has 0 radical (unpaired) electrons. The van der Waals surface area contributed by atoms with Gasteiger partial charge in [-0.15, -0.1) is 0 Å². The summed E-state index contributed by atoms with van der Waals surface area (Å²) in [6, 6.07) is 7.32. The van der Waals surface area contributed by atoms with Crippen LogP contribution in [0.5, 0.6) is 0 Å². The van der Waals surface area contributed by atoms with Gasteiger partial charge < -0.3 is 14.9 Å². The minimum Gasteiger partial charge on any atom is -0.363 e. The van der Waals surface area contributed by atoms with Crippen molar-refractivity contribution in [2.24, 2.45) is 0 Å². The molecule has 2 aromatic heterocycles. The van der Waals surface area contributed by atoms with Crippen molar-refractivity contribution in [2.45, 2.75) is 25.8 Å². The number of aryl methyl sites for hydroxylation is 1. The number of H-pyrrole nitrogens is 2. The molecule has 0 saturated carbocycles. The van der Waals surface area contributed by atoms with E-state index in [9.17, 15) is 9.59 Å². The number of rotatable bonds is 2. The lowest BCUT2D eigenvalue weighted by Gasteiger charge is -2.23. The molecule has 0 aromatic carbocycles. The minimum atomic E-state index is -0.313. The zero-order valence-corrected chi connectivity index (χ0v) is 11.3. The predicted octanol–water partition coefficient (Wildman–Crippen LogP) is 1.99. The van der Waals surface area contributed by atoms with Gasteiger partial charge in [-0.1, -0.05) is 0 Å². The van der Waals surface area contributed by atoms with E-state index in [1.54, 1.807) is 24.0 Å². The number of aromatic nitrogens is 2. The Morgan fingerprint density at radius 2 is 2.20 bits per heavy atom. The van der Waals surface area contributed by atoms with Crippen molar-refractivity contribution in [3.63, 3.8) is 0 Å². The van der Waals surface area contributed by atoms with Crippen LogP contribution in [0, 0.1) is 6.92 Å². The molecular formula is C15H17N3O2. The Hall–Kier alpha value is -2.30. The van der Waals surface area contributed by atoms with Gasteiger partial charge >= 0.3 is 0 Å². The molecule has 5 nitrogen and oxygen atoms in total. The monoisotopic (exact) mass is 271 g/mol. The molecule has 2 aromatic rings. The van der Waals surface area contributed by atoms with Crippen molar-refractivity contribution in [3.05, 3.63) is 57.8 Å². The minimum absolute atomic E-state index is 0.0400. The number of hydrogen-bond acceptors (Lipinski definition) is 2. The number of carbonyl (C=O) groups excluding carboxylic acids is 1. The molecule has 20 heavy (non-hydrogen) atoms. The summed E-state index contributed by atoms with van der Waals surface area (Å²) >= 11 is 0. The second-order valence-electron chi connectivity index (χ2n) is 5.17. The second-order valence-corrected chi connectivity index (χ2v) is 5.17. The molecule has 1 atom stereocenters. The molecule has 0 aliphatic carbocycles. The normalized spacial score (nSPS) is 18.4. The van der Waals surface area contributed by atoms with E-state index < -0.39 is 0 Å². The van der Waals surface area contributed by atoms with E-state index in [4.69, 9.17) is 0 Å². The number of nitrogens with one attached hydrogen (secondary N) is 2. The highest BCUT2D eigenvalue weighted by Gasteiger charge is 2.32. The Kier molecular flexibility index (Phi) is 3.18. The lowest BCUT2D eigenvalue weighted by Crippen LogP contribution is -2.34. The van der Waals surface area contributed by atoms with Crippen LogP contribution in [-0.2, 0) is 0 Å². The second kappa shape index (κ2) is 5.00. The molecule has 3 rings (SSSR count). The molecule has 104 valence electrons. The third-order valence-corrected chi connectivity index (χ3v) is 3.78. The fourth-order valence-electron chi connectivity index (χ4n) is 2.78. The summed E-state index contributed by atoms with van der Waals surface area (Å²) in [6.07, 6.45) is 3.74. The highest BCUT2D eigenvalue weighted by atomic mass is 16.2. The van der Waals surface area contributed by atoms with Crippen LogP contribution in [0.2, 0.25) is 0 Å². The molecule has 5 heteroatoms. The van der Waals surface area contributed by atoms with E-state index in [0.717, 1.165) is 24.2 Å². The van der Waals surface area contributed by atoms with E-state index in [2.05, 4.69) is 9.97 Å². The number of nitrogens with zero attached hydrogens (tertiary/aromatic N) is 1. The van der Waals surface area contributed by atoms with Crippen molar-refractivity contribution in [2.75, 3.05) is 6.54 Å². The van der Waals surface area contributed by atoms with Crippen molar-refractivity contribution in [1.82, 2.24) is 14.9 Å². The molecule has 3 heterocycles. The van der Waals surface area contributed by atoms with E-state index in [-0.39, 0.29) is 23.1 Å². The average Bonchev–Trinajstić information content (AvgIpc) is 3.09. The van der Waals surface area contributed by atoms with Gasteiger partial charge in [0.2, 0.25) is 0 Å². The number of likely N-dealkylation sites (tertiary alicyclic amines) is 1. The molecule has 2 N–H and O–H groups in total. The Bertz CT molecular complexity index is 673. The molecule has 0 spiro atoms. The maximum Gasteiger partial charge on any atom is 0.260 e. The van der Waals surface area contributed by atoms with Crippen LogP contribution in [0.3, 0.4) is 0 Å². The number of aromatic amines is 2. The van der Waals surface area contributed by atoms with Crippen molar-refractivity contribution >= 4 is 5.91 Å². The van der Waals surface area contributed by atoms with Crippen LogP contribution in [0.4, 0.5) is 0 Å². The van der Waals surface area contributed by atoms with Gasteiger partial charge in [-0.05, 0) is 44.0 Å². The summed E-state index contributed by atoms with van der Waals surface area (Å²) in [6.45, 7) is 2.49. The predicted molar refractivity (Wildman–Crippen MR) is 75.6 cm³/mol. The third-order valence-electron chi connectivity index (χ3n) is 3.78. The molecular weight excluding hydrogens is 254 g/mol. The van der Waals surface area contributed by atoms with Gasteiger partial charge in [-0.3, -0.25) is 9.59 Å². The first-order chi connectivity index (χ1) is 9.66. The maximum absolute atomic E-state index is 12.6. The van der Waals surface area contributed by atoms with Gasteiger partial charge in [0.15, 0.2) is 0 Å². The van der Waals surface area contributed by atoms with Crippen molar-refractivity contribution in [3.8, 4) is 0 Å². The first-order valence-electron chi connectivity index (χ1n) is 6.81. The largest absolute Gasteiger partial charge is 0.363 e. The highest BCUT2D eigenvalue weighted by Crippen LogP contribution is 2.31. The van der Waals surface area contributed by atoms with E-state index in [0.29, 0.717) is 6.54 Å². The molecule has 1 aliphatic heterocycles. The fraction of sp³-hybridized carbons (Fsp3) is 0.333. The molecule has 0 bridgehead atoms. The summed E-state index contributed by atoms with van der Waals surface area (Å²) < 4.78 is 0. The fourth-order valence-corrected chi connectivity index (χ4v) is 2.78. The van der Waals surface area contributed by atoms with Gasteiger partial charge in [0.05, 0.1) is 6.04 Å². The van der Waals surface area contributed by atoms with Gasteiger partial charge in [-0.2, -0.15) is 0 Å². The van der Waals surface area contributed by atoms with Gasteiger partial charge in [0, 0.05) is 24.1 Å². The molecule has 1 unspecified atom stereocenters. The molecule has 1 fully saturated rings. The van der Waals surface area contributed by atoms with E-state index in [1.807, 2.05) is 18.3 Å². The number of carbonyl (C=O) groups is 1. The number of hydrogen-bond donors (Lipinski definition) is 2. The molecule has 1 aliphatic rings. The number of pyridine rings is 1. The van der Waals surface area contributed by atoms with Crippen LogP contribution >= 0.6 is 0 Å². The van der Waals surface area contributed by atoms with Crippen molar-refractivity contribution < 1.29 is 4.79 Å². The smallest absolute Gasteiger partial charge is 0.260 e. The Labute approximate surface area is 116 Å². The van der Waals surface area contributed by atoms with Crippen LogP contribution in [0.1, 0.15) is 40.6 Å². The topological polar surface area (TPSA) is 69.0 Å². The Morgan fingerprint density at radius 1 is 1.35 bits per heavy atom. The summed E-state index contributed by atoms with van der Waals surface area (Å²) in [5, 5.41) is 0. The van der Waals surface area contributed by atoms with Gasteiger partial charge in [0.1, 0.15) is 5.56 Å². The first kappa shape index (κ1) is 12.7. The Balaban J connectivity index is 1.91. The van der Waals surface area contributed by atoms with Gasteiger partial charge in [0.25, 0.3) is 11.5 Å². The zero-order chi connectivity index (χ0) is 14.1. The van der Waals surface area contributed by atoms with Crippen LogP contribution in [-0.4, -0.2) is 27.3 Å². The van der Waals surface area contributed by atoms with Crippen LogP contribution in [0.15, 0.2) is 35.3 Å². The lowest BCUT2D eigenvalue weighted by atomic mass is 10.1. The van der Waals surface area contributed by atoms with E-state index in [1.165, 1.54) is 0 Å².